The second-order valence-corrected chi connectivity index (χ2v) is 2.23. The molecule has 4 nitrogen and oxygen atoms in total. The van der Waals surface area contributed by atoms with Gasteiger partial charge in [-0.05, 0) is 19.0 Å². The minimum absolute atomic E-state index is 0. The van der Waals surface area contributed by atoms with Crippen molar-refractivity contribution in [3.8, 4) is 0 Å². The first kappa shape index (κ1) is 14.0. The van der Waals surface area contributed by atoms with Crippen LogP contribution in [0.2, 0.25) is 0 Å². The van der Waals surface area contributed by atoms with Crippen LogP contribution in [0.25, 0.3) is 0 Å². The maximum absolute atomic E-state index is 10.1. The SMILES string of the molecule is Cc1ccn([C@@H](C)[C-]=O)n1.[Li+].[OH-]. The Labute approximate surface area is 83.4 Å². The van der Waals surface area contributed by atoms with E-state index in [1.165, 1.54) is 0 Å². The Hall–Kier alpha value is -0.563. The van der Waals surface area contributed by atoms with E-state index in [4.69, 9.17) is 0 Å². The van der Waals surface area contributed by atoms with Crippen LogP contribution in [0, 0.1) is 6.92 Å². The topological polar surface area (TPSA) is 64.9 Å². The smallest absolute Gasteiger partial charge is 0.870 e. The summed E-state index contributed by atoms with van der Waals surface area (Å²) in [4.78, 5) is 10.1. The predicted molar refractivity (Wildman–Crippen MR) is 39.3 cm³/mol. The van der Waals surface area contributed by atoms with Crippen molar-refractivity contribution >= 4 is 6.29 Å². The zero-order valence-corrected chi connectivity index (χ0v) is 7.48. The van der Waals surface area contributed by atoms with Crippen LogP contribution in [0.15, 0.2) is 12.3 Å². The molecule has 1 heterocycles. The minimum atomic E-state index is -0.270. The molecule has 0 fully saturated rings. The third kappa shape index (κ3) is 3.22. The van der Waals surface area contributed by atoms with Gasteiger partial charge in [0.05, 0.1) is 5.69 Å². The molecule has 0 saturated carbocycles. The second kappa shape index (κ2) is 6.01. The number of hydrogen-bond acceptors (Lipinski definition) is 3. The van der Waals surface area contributed by atoms with E-state index in [9.17, 15) is 4.79 Å². The monoisotopic (exact) mass is 161 g/mol. The van der Waals surface area contributed by atoms with E-state index >= 15 is 0 Å². The van der Waals surface area contributed by atoms with Crippen molar-refractivity contribution in [2.75, 3.05) is 0 Å². The van der Waals surface area contributed by atoms with Gasteiger partial charge in [0, 0.05) is 6.20 Å². The first-order valence-electron chi connectivity index (χ1n) is 3.13. The Morgan fingerprint density at radius 3 is 2.58 bits per heavy atom. The van der Waals surface area contributed by atoms with Crippen molar-refractivity contribution in [3.63, 3.8) is 0 Å². The molecule has 0 aliphatic rings. The van der Waals surface area contributed by atoms with E-state index in [1.807, 2.05) is 19.3 Å². The number of nitrogens with zero attached hydrogens (tertiary/aromatic N) is 2. The standard InChI is InChI=1S/C7H9N2O.Li.H2O/c1-6-3-4-9(8-6)7(2)5-10;;/h3-4,7H,1-2H3;;1H2/q-1;+1;/p-1/t7-;;/m0../s1. The largest absolute Gasteiger partial charge is 1.00 e. The fourth-order valence-corrected chi connectivity index (χ4v) is 0.703. The maximum atomic E-state index is 10.1. The molecule has 0 bridgehead atoms. The van der Waals surface area contributed by atoms with Crippen molar-refractivity contribution in [2.24, 2.45) is 0 Å². The molecular formula is C7H10LiN2O2-. The van der Waals surface area contributed by atoms with E-state index in [1.54, 1.807) is 17.8 Å². The normalized spacial score (nSPS) is 10.8. The van der Waals surface area contributed by atoms with Gasteiger partial charge in [0.15, 0.2) is 0 Å². The van der Waals surface area contributed by atoms with Gasteiger partial charge >= 0.3 is 18.9 Å². The van der Waals surface area contributed by atoms with Crippen LogP contribution in [0.1, 0.15) is 18.7 Å². The molecule has 12 heavy (non-hydrogen) atoms. The Kier molecular flexibility index (Phi) is 7.01. The number of rotatable bonds is 2. The van der Waals surface area contributed by atoms with Gasteiger partial charge in [-0.3, -0.25) is 4.68 Å². The van der Waals surface area contributed by atoms with Crippen molar-refractivity contribution in [3.05, 3.63) is 18.0 Å². The summed E-state index contributed by atoms with van der Waals surface area (Å²) in [5.74, 6) is 0. The van der Waals surface area contributed by atoms with Gasteiger partial charge in [0.25, 0.3) is 0 Å². The average molecular weight is 161 g/mol. The van der Waals surface area contributed by atoms with Crippen LogP contribution in [-0.2, 0) is 4.79 Å². The van der Waals surface area contributed by atoms with Crippen LogP contribution < -0.4 is 18.9 Å². The van der Waals surface area contributed by atoms with Gasteiger partial charge in [-0.25, -0.2) is 6.29 Å². The summed E-state index contributed by atoms with van der Waals surface area (Å²) in [6.07, 6.45) is 3.61. The molecule has 0 spiro atoms. The van der Waals surface area contributed by atoms with Crippen molar-refractivity contribution in [1.29, 1.82) is 0 Å². The predicted octanol–water partition coefficient (Wildman–Crippen LogP) is -2.31. The number of aromatic nitrogens is 2. The summed E-state index contributed by atoms with van der Waals surface area (Å²) in [5.41, 5.74) is 0.919. The molecule has 0 aliphatic carbocycles. The van der Waals surface area contributed by atoms with Gasteiger partial charge < -0.3 is 10.3 Å². The zero-order chi connectivity index (χ0) is 7.56. The second-order valence-electron chi connectivity index (χ2n) is 2.23. The van der Waals surface area contributed by atoms with Crippen molar-refractivity contribution in [2.45, 2.75) is 19.9 Å². The summed E-state index contributed by atoms with van der Waals surface area (Å²) >= 11 is 0. The van der Waals surface area contributed by atoms with E-state index in [0.717, 1.165) is 5.69 Å². The zero-order valence-electron chi connectivity index (χ0n) is 7.48. The molecule has 5 heteroatoms. The van der Waals surface area contributed by atoms with Gasteiger partial charge in [-0.15, -0.1) is 0 Å². The Morgan fingerprint density at radius 2 is 2.25 bits per heavy atom. The van der Waals surface area contributed by atoms with Crippen LogP contribution in [0.3, 0.4) is 0 Å². The van der Waals surface area contributed by atoms with Crippen molar-refractivity contribution < 1.29 is 29.1 Å². The van der Waals surface area contributed by atoms with Crippen LogP contribution in [0.4, 0.5) is 0 Å². The van der Waals surface area contributed by atoms with Gasteiger partial charge in [0.1, 0.15) is 0 Å². The maximum Gasteiger partial charge on any atom is 1.00 e. The first-order chi connectivity index (χ1) is 4.74. The van der Waals surface area contributed by atoms with E-state index in [0.29, 0.717) is 0 Å². The third-order valence-electron chi connectivity index (χ3n) is 1.31. The summed E-state index contributed by atoms with van der Waals surface area (Å²) in [5, 5.41) is 4.04. The molecule has 0 saturated heterocycles. The van der Waals surface area contributed by atoms with Gasteiger partial charge in [0.2, 0.25) is 0 Å². The van der Waals surface area contributed by atoms with E-state index in [-0.39, 0.29) is 30.4 Å². The summed E-state index contributed by atoms with van der Waals surface area (Å²) in [6.45, 7) is 3.63. The molecule has 1 aromatic rings. The molecule has 0 aromatic carbocycles. The molecule has 1 rings (SSSR count). The summed E-state index contributed by atoms with van der Waals surface area (Å²) in [6, 6.07) is 1.59. The van der Waals surface area contributed by atoms with Gasteiger partial charge in [-0.2, -0.15) is 5.10 Å². The van der Waals surface area contributed by atoms with Crippen LogP contribution >= 0.6 is 0 Å². The Morgan fingerprint density at radius 1 is 1.67 bits per heavy atom. The molecule has 0 aliphatic heterocycles. The third-order valence-corrected chi connectivity index (χ3v) is 1.31. The molecule has 1 aromatic heterocycles. The quantitative estimate of drug-likeness (QED) is 0.361. The molecule has 62 valence electrons. The van der Waals surface area contributed by atoms with E-state index in [2.05, 4.69) is 5.10 Å². The number of aryl methyl sites for hydroxylation is 1. The van der Waals surface area contributed by atoms with Crippen molar-refractivity contribution in [1.82, 2.24) is 9.78 Å². The Bertz CT molecular complexity index is 237. The summed E-state index contributed by atoms with van der Waals surface area (Å²) < 4.78 is 1.59. The molecule has 0 unspecified atom stereocenters. The summed E-state index contributed by atoms with van der Waals surface area (Å²) in [7, 11) is 0. The van der Waals surface area contributed by atoms with E-state index < -0.39 is 0 Å². The number of carbonyl (C=O) groups excluding carboxylic acids is 1. The molecular weight excluding hydrogens is 151 g/mol. The van der Waals surface area contributed by atoms with Crippen LogP contribution in [-0.4, -0.2) is 21.5 Å². The molecule has 0 amide bonds. The minimum Gasteiger partial charge on any atom is -0.870 e. The molecule has 1 N–H and O–H groups in total. The Balaban J connectivity index is 0. The first-order valence-corrected chi connectivity index (χ1v) is 3.13. The van der Waals surface area contributed by atoms with Gasteiger partial charge in [-0.1, -0.05) is 6.92 Å². The molecule has 1 atom stereocenters. The molecule has 0 radical (unpaired) electrons. The fraction of sp³-hybridized carbons (Fsp3) is 0.429. The number of hydrogen-bond donors (Lipinski definition) is 0. The van der Waals surface area contributed by atoms with Crippen LogP contribution in [0.5, 0.6) is 0 Å². The fourth-order valence-electron chi connectivity index (χ4n) is 0.703. The average Bonchev–Trinajstić information content (AvgIpc) is 2.34.